The van der Waals surface area contributed by atoms with Crippen molar-refractivity contribution in [1.29, 1.82) is 0 Å². The van der Waals surface area contributed by atoms with E-state index in [1.54, 1.807) is 24.5 Å². The summed E-state index contributed by atoms with van der Waals surface area (Å²) in [6.07, 6.45) is -2.92. The van der Waals surface area contributed by atoms with Gasteiger partial charge in [-0.2, -0.15) is 0 Å². The molecular weight excluding hydrogens is 463 g/mol. The van der Waals surface area contributed by atoms with Crippen LogP contribution in [0.1, 0.15) is 42.4 Å². The predicted molar refractivity (Wildman–Crippen MR) is 125 cm³/mol. The zero-order valence-corrected chi connectivity index (χ0v) is 19.4. The van der Waals surface area contributed by atoms with Crippen molar-refractivity contribution in [2.45, 2.75) is 32.4 Å². The molecule has 0 radical (unpaired) electrons. The fourth-order valence-electron chi connectivity index (χ4n) is 4.51. The molecule has 35 heavy (non-hydrogen) atoms. The van der Waals surface area contributed by atoms with Crippen molar-refractivity contribution in [2.24, 2.45) is 0 Å². The molecule has 0 saturated carbocycles. The molecule has 2 aliphatic heterocycles. The lowest BCUT2D eigenvalue weighted by Gasteiger charge is -2.33. The minimum Gasteiger partial charge on any atom is -0.378 e. The summed E-state index contributed by atoms with van der Waals surface area (Å²) in [7, 11) is 0. The van der Waals surface area contributed by atoms with Crippen molar-refractivity contribution in [3.63, 3.8) is 0 Å². The predicted octanol–water partition coefficient (Wildman–Crippen LogP) is 3.76. The number of halogens is 3. The van der Waals surface area contributed by atoms with E-state index in [-0.39, 0.29) is 17.2 Å². The lowest BCUT2D eigenvalue weighted by atomic mass is 10.0. The Morgan fingerprint density at radius 2 is 1.83 bits per heavy atom. The number of aryl methyl sites for hydroxylation is 1. The van der Waals surface area contributed by atoms with Gasteiger partial charge >= 0.3 is 0 Å². The summed E-state index contributed by atoms with van der Waals surface area (Å²) in [5.74, 6) is -0.137. The van der Waals surface area contributed by atoms with Crippen LogP contribution in [0.25, 0.3) is 11.0 Å². The Morgan fingerprint density at radius 1 is 1.11 bits per heavy atom. The molecule has 0 aliphatic carbocycles. The zero-order valence-electron chi connectivity index (χ0n) is 19.4. The maximum Gasteiger partial charge on any atom is 0.276 e. The number of hydrogen-bond donors (Lipinski definition) is 1. The van der Waals surface area contributed by atoms with Crippen LogP contribution in [0.4, 0.5) is 24.7 Å². The molecule has 4 heterocycles. The Morgan fingerprint density at radius 3 is 2.49 bits per heavy atom. The van der Waals surface area contributed by atoms with E-state index >= 15 is 0 Å². The molecule has 5 rings (SSSR count). The van der Waals surface area contributed by atoms with Crippen LogP contribution in [0, 0.1) is 12.7 Å². The van der Waals surface area contributed by atoms with E-state index in [1.165, 1.54) is 12.1 Å². The summed E-state index contributed by atoms with van der Waals surface area (Å²) in [4.78, 5) is 24.6. The van der Waals surface area contributed by atoms with Crippen LogP contribution in [0.5, 0.6) is 0 Å². The van der Waals surface area contributed by atoms with E-state index in [1.807, 2.05) is 4.90 Å². The quantitative estimate of drug-likeness (QED) is 0.565. The fraction of sp³-hybridized carbons (Fsp3) is 0.458. The Labute approximate surface area is 199 Å². The molecule has 2 aliphatic rings. The summed E-state index contributed by atoms with van der Waals surface area (Å²) < 4.78 is 53.7. The smallest absolute Gasteiger partial charge is 0.276 e. The van der Waals surface area contributed by atoms with Gasteiger partial charge in [0, 0.05) is 18.7 Å². The normalized spacial score (nSPS) is 17.6. The third kappa shape index (κ3) is 4.34. The van der Waals surface area contributed by atoms with Crippen LogP contribution in [-0.4, -0.2) is 54.1 Å². The molecule has 0 spiro atoms. The Hall–Kier alpha value is -3.18. The average Bonchev–Trinajstić information content (AvgIpc) is 2.80. The van der Waals surface area contributed by atoms with Crippen molar-refractivity contribution in [1.82, 2.24) is 14.5 Å². The largest absolute Gasteiger partial charge is 0.378 e. The third-order valence-corrected chi connectivity index (χ3v) is 6.44. The maximum atomic E-state index is 14.8. The number of pyridine rings is 1. The number of nitrogens with one attached hydrogen (secondary N) is 1. The van der Waals surface area contributed by atoms with Crippen LogP contribution in [0.2, 0.25) is 0 Å². The van der Waals surface area contributed by atoms with Gasteiger partial charge in [0.1, 0.15) is 28.8 Å². The topological polar surface area (TPSA) is 81.5 Å². The molecule has 2 saturated heterocycles. The molecule has 1 aromatic carbocycles. The van der Waals surface area contributed by atoms with E-state index in [0.29, 0.717) is 67.9 Å². The van der Waals surface area contributed by atoms with Gasteiger partial charge in [-0.25, -0.2) is 23.1 Å². The molecule has 3 aromatic rings. The number of aromatic nitrogens is 3. The lowest BCUT2D eigenvalue weighted by molar-refractivity contribution is -0.0230. The van der Waals surface area contributed by atoms with Crippen molar-refractivity contribution < 1.29 is 22.6 Å². The molecular formula is C24H26F3N5O3. The van der Waals surface area contributed by atoms with Crippen LogP contribution in [0.3, 0.4) is 0 Å². The number of rotatable bonds is 6. The average molecular weight is 489 g/mol. The number of anilines is 2. The number of fused-ring (bicyclic) bond motifs is 1. The number of hydrogen-bond acceptors (Lipinski definition) is 7. The van der Waals surface area contributed by atoms with Crippen LogP contribution in [0.15, 0.2) is 29.1 Å². The number of alkyl halides is 2. The summed E-state index contributed by atoms with van der Waals surface area (Å²) in [5.41, 5.74) is 0.237. The minimum absolute atomic E-state index is 0.0985. The molecule has 186 valence electrons. The van der Waals surface area contributed by atoms with E-state index in [0.717, 1.165) is 6.07 Å². The number of morpholine rings is 1. The van der Waals surface area contributed by atoms with Crippen molar-refractivity contribution in [3.8, 4) is 0 Å². The van der Waals surface area contributed by atoms with E-state index < -0.39 is 23.8 Å². The first-order valence-electron chi connectivity index (χ1n) is 11.5. The highest BCUT2D eigenvalue weighted by Gasteiger charge is 2.29. The van der Waals surface area contributed by atoms with Gasteiger partial charge < -0.3 is 19.7 Å². The number of ether oxygens (including phenoxy) is 2. The van der Waals surface area contributed by atoms with Gasteiger partial charge in [-0.15, -0.1) is 0 Å². The maximum absolute atomic E-state index is 14.8. The van der Waals surface area contributed by atoms with Gasteiger partial charge in [-0.05, 0) is 19.9 Å². The zero-order chi connectivity index (χ0) is 24.7. The van der Waals surface area contributed by atoms with Gasteiger partial charge in [0.05, 0.1) is 49.5 Å². The highest BCUT2D eigenvalue weighted by atomic mass is 19.3. The molecule has 2 fully saturated rings. The molecule has 8 nitrogen and oxygen atoms in total. The van der Waals surface area contributed by atoms with Crippen molar-refractivity contribution >= 4 is 22.5 Å². The fourth-order valence-corrected chi connectivity index (χ4v) is 4.51. The first-order chi connectivity index (χ1) is 16.8. The first-order valence-corrected chi connectivity index (χ1v) is 11.5. The Kier molecular flexibility index (Phi) is 6.37. The molecule has 1 N–H and O–H groups in total. The number of nitrogens with zero attached hydrogens (tertiary/aromatic N) is 4. The van der Waals surface area contributed by atoms with Gasteiger partial charge in [0.15, 0.2) is 0 Å². The molecule has 11 heteroatoms. The second-order valence-electron chi connectivity index (χ2n) is 8.77. The third-order valence-electron chi connectivity index (χ3n) is 6.44. The van der Waals surface area contributed by atoms with E-state index in [9.17, 15) is 18.0 Å². The van der Waals surface area contributed by atoms with Crippen molar-refractivity contribution in [3.05, 3.63) is 57.4 Å². The molecule has 0 bridgehead atoms. The summed E-state index contributed by atoms with van der Waals surface area (Å²) in [6, 6.07) is 4.87. The molecule has 2 aromatic heterocycles. The Balaban J connectivity index is 1.63. The van der Waals surface area contributed by atoms with Crippen LogP contribution >= 0.6 is 0 Å². The highest BCUT2D eigenvalue weighted by Crippen LogP contribution is 2.32. The van der Waals surface area contributed by atoms with Crippen molar-refractivity contribution in [2.75, 3.05) is 49.7 Å². The Bertz CT molecular complexity index is 1310. The summed E-state index contributed by atoms with van der Waals surface area (Å²) >= 11 is 0. The lowest BCUT2D eigenvalue weighted by Crippen LogP contribution is -2.43. The summed E-state index contributed by atoms with van der Waals surface area (Å²) in [5, 5.41) is 3.76. The SMILES string of the molecule is Cc1nc(N[C@H](C)c2cccc(C(F)F)c2F)c2cc(N3CCOCC3)c(=O)n(C3COC3)c2n1. The molecule has 0 amide bonds. The van der Waals surface area contributed by atoms with Gasteiger partial charge in [-0.1, -0.05) is 18.2 Å². The van der Waals surface area contributed by atoms with E-state index in [4.69, 9.17) is 9.47 Å². The summed E-state index contributed by atoms with van der Waals surface area (Å²) in [6.45, 7) is 6.33. The van der Waals surface area contributed by atoms with Gasteiger partial charge in [-0.3, -0.25) is 9.36 Å². The standard InChI is InChI=1S/C24H26F3N5O3/c1-13(16-4-3-5-17(20(16)25)21(26)27)28-22-18-10-19(31-6-8-34-9-7-31)24(33)32(15-11-35-12-15)23(18)30-14(2)29-22/h3-5,10,13,15,21H,6-9,11-12H2,1-2H3,(H,28,29,30)/t13-/m1/s1. The first kappa shape index (κ1) is 23.6. The molecule has 0 unspecified atom stereocenters. The van der Waals surface area contributed by atoms with Gasteiger partial charge in [0.25, 0.3) is 12.0 Å². The van der Waals surface area contributed by atoms with E-state index in [2.05, 4.69) is 15.3 Å². The van der Waals surface area contributed by atoms with Crippen LogP contribution in [-0.2, 0) is 9.47 Å². The minimum atomic E-state index is -2.92. The van der Waals surface area contributed by atoms with Gasteiger partial charge in [0.2, 0.25) is 0 Å². The second kappa shape index (κ2) is 9.46. The monoisotopic (exact) mass is 489 g/mol. The highest BCUT2D eigenvalue weighted by molar-refractivity contribution is 5.89. The number of benzene rings is 1. The molecule has 1 atom stereocenters. The van der Waals surface area contributed by atoms with Crippen LogP contribution < -0.4 is 15.8 Å². The second-order valence-corrected chi connectivity index (χ2v) is 8.77.